The highest BCUT2D eigenvalue weighted by atomic mass is 19.1. The fourth-order valence-corrected chi connectivity index (χ4v) is 5.88. The quantitative estimate of drug-likeness (QED) is 0.652. The summed E-state index contributed by atoms with van der Waals surface area (Å²) in [5.74, 6) is -1.56. The maximum absolute atomic E-state index is 14.8. The Morgan fingerprint density at radius 2 is 1.90 bits per heavy atom. The first-order valence-corrected chi connectivity index (χ1v) is 10.3. The van der Waals surface area contributed by atoms with E-state index in [0.29, 0.717) is 5.56 Å². The highest BCUT2D eigenvalue weighted by Crippen LogP contribution is 2.78. The van der Waals surface area contributed by atoms with Crippen molar-refractivity contribution < 1.29 is 13.9 Å². The molecule has 0 amide bonds. The fraction of sp³-hybridized carbons (Fsp3) is 0.375. The molecule has 2 bridgehead atoms. The van der Waals surface area contributed by atoms with E-state index in [0.717, 1.165) is 37.5 Å². The van der Waals surface area contributed by atoms with Gasteiger partial charge in [0.1, 0.15) is 29.9 Å². The lowest BCUT2D eigenvalue weighted by molar-refractivity contribution is -0.231. The van der Waals surface area contributed by atoms with Crippen LogP contribution in [-0.2, 0) is 17.6 Å². The van der Waals surface area contributed by atoms with Crippen LogP contribution in [0.4, 0.5) is 8.78 Å². The molecular formula is C24H22F2N4O. The molecule has 1 N–H and O–H groups in total. The Morgan fingerprint density at radius 3 is 2.52 bits per heavy atom. The minimum atomic E-state index is -1.64. The maximum Gasteiger partial charge on any atom is 0.137 e. The van der Waals surface area contributed by atoms with Gasteiger partial charge in [0.25, 0.3) is 0 Å². The first-order chi connectivity index (χ1) is 14.8. The van der Waals surface area contributed by atoms with E-state index in [2.05, 4.69) is 16.2 Å². The average Bonchev–Trinajstić information content (AvgIpc) is 3.21. The van der Waals surface area contributed by atoms with Gasteiger partial charge in [0.15, 0.2) is 0 Å². The number of nitrogens with zero attached hydrogens (tertiary/aromatic N) is 4. The van der Waals surface area contributed by atoms with Gasteiger partial charge >= 0.3 is 0 Å². The van der Waals surface area contributed by atoms with E-state index in [4.69, 9.17) is 5.26 Å². The summed E-state index contributed by atoms with van der Waals surface area (Å²) in [6.45, 7) is 1.91. The normalized spacial score (nSPS) is 26.8. The SMILES string of the molecule is CC(C12CC(c3ccc(C#N)cc3)(C1)C2)[C@](O)(Cn1cncn1)c1cc(F)ccc1F. The van der Waals surface area contributed by atoms with Gasteiger partial charge in [-0.15, -0.1) is 0 Å². The zero-order chi connectivity index (χ0) is 21.9. The number of hydrogen-bond donors (Lipinski definition) is 1. The topological polar surface area (TPSA) is 74.7 Å². The van der Waals surface area contributed by atoms with Gasteiger partial charge in [-0.05, 0) is 71.9 Å². The second-order valence-electron chi connectivity index (χ2n) is 9.23. The largest absolute Gasteiger partial charge is 0.383 e. The van der Waals surface area contributed by atoms with E-state index in [1.54, 1.807) is 0 Å². The molecule has 3 fully saturated rings. The molecule has 0 radical (unpaired) electrons. The number of halogens is 2. The number of aliphatic hydroxyl groups is 1. The molecule has 1 unspecified atom stereocenters. The molecule has 5 nitrogen and oxygen atoms in total. The van der Waals surface area contributed by atoms with Crippen molar-refractivity contribution in [2.24, 2.45) is 11.3 Å². The first kappa shape index (κ1) is 19.8. The van der Waals surface area contributed by atoms with Crippen molar-refractivity contribution in [2.75, 3.05) is 0 Å². The summed E-state index contributed by atoms with van der Waals surface area (Å²) in [5.41, 5.74) is 0.00270. The van der Waals surface area contributed by atoms with E-state index in [1.165, 1.54) is 22.9 Å². The van der Waals surface area contributed by atoms with Crippen LogP contribution in [0.2, 0.25) is 0 Å². The Bertz CT molecular complexity index is 1150. The Hall–Kier alpha value is -3.11. The molecule has 3 saturated carbocycles. The van der Waals surface area contributed by atoms with Crippen LogP contribution in [0.5, 0.6) is 0 Å². The van der Waals surface area contributed by atoms with E-state index < -0.39 is 17.2 Å². The van der Waals surface area contributed by atoms with E-state index in [9.17, 15) is 13.9 Å². The van der Waals surface area contributed by atoms with Crippen molar-refractivity contribution in [3.63, 3.8) is 0 Å². The maximum atomic E-state index is 14.8. The molecule has 1 heterocycles. The third-order valence-electron chi connectivity index (χ3n) is 7.60. The van der Waals surface area contributed by atoms with Crippen molar-refractivity contribution >= 4 is 0 Å². The van der Waals surface area contributed by atoms with E-state index in [-0.39, 0.29) is 28.9 Å². The molecule has 7 heteroatoms. The van der Waals surface area contributed by atoms with Gasteiger partial charge in [-0.3, -0.25) is 0 Å². The van der Waals surface area contributed by atoms with Gasteiger partial charge in [-0.25, -0.2) is 18.4 Å². The van der Waals surface area contributed by atoms with Gasteiger partial charge in [0.05, 0.1) is 18.2 Å². The average molecular weight is 420 g/mol. The summed E-state index contributed by atoms with van der Waals surface area (Å²) >= 11 is 0. The summed E-state index contributed by atoms with van der Waals surface area (Å²) < 4.78 is 30.3. The molecule has 3 aromatic rings. The van der Waals surface area contributed by atoms with Crippen LogP contribution >= 0.6 is 0 Å². The Morgan fingerprint density at radius 1 is 1.19 bits per heavy atom. The van der Waals surface area contributed by atoms with Crippen LogP contribution in [0.25, 0.3) is 0 Å². The van der Waals surface area contributed by atoms with Crippen LogP contribution in [-0.4, -0.2) is 19.9 Å². The monoisotopic (exact) mass is 420 g/mol. The molecular weight excluding hydrogens is 398 g/mol. The Labute approximate surface area is 179 Å². The molecule has 0 spiro atoms. The molecule has 31 heavy (non-hydrogen) atoms. The third-order valence-corrected chi connectivity index (χ3v) is 7.60. The van der Waals surface area contributed by atoms with Crippen molar-refractivity contribution in [2.45, 2.75) is 43.7 Å². The zero-order valence-corrected chi connectivity index (χ0v) is 17.1. The molecule has 1 aromatic heterocycles. The second-order valence-corrected chi connectivity index (χ2v) is 9.23. The fourth-order valence-electron chi connectivity index (χ4n) is 5.88. The standard InChI is InChI=1S/C24H22F2N4O/c1-16(22-10-23(11-22,12-22)18-4-2-17(9-27)3-5-18)24(31,13-30-15-28-14-29-30)20-8-19(25)6-7-21(20)26/h2-8,14-16,31H,10-13H2,1H3/t16?,22?,23?,24-/m1/s1. The summed E-state index contributed by atoms with van der Waals surface area (Å²) in [6.07, 6.45) is 5.42. The van der Waals surface area contributed by atoms with Crippen molar-refractivity contribution in [1.82, 2.24) is 14.8 Å². The molecule has 158 valence electrons. The number of nitriles is 1. The van der Waals surface area contributed by atoms with Crippen LogP contribution < -0.4 is 0 Å². The van der Waals surface area contributed by atoms with Crippen LogP contribution in [0.15, 0.2) is 55.1 Å². The second kappa shape index (κ2) is 6.69. The van der Waals surface area contributed by atoms with Gasteiger partial charge in [-0.2, -0.15) is 10.4 Å². The molecule has 3 aliphatic carbocycles. The Balaban J connectivity index is 1.46. The molecule has 0 aliphatic heterocycles. The van der Waals surface area contributed by atoms with Gasteiger partial charge < -0.3 is 5.11 Å². The predicted octanol–water partition coefficient (Wildman–Crippen LogP) is 4.07. The van der Waals surface area contributed by atoms with Gasteiger partial charge in [0.2, 0.25) is 0 Å². The summed E-state index contributed by atoms with van der Waals surface area (Å²) in [7, 11) is 0. The number of benzene rings is 2. The molecule has 3 aliphatic rings. The molecule has 6 rings (SSSR count). The summed E-state index contributed by atoms with van der Waals surface area (Å²) in [4.78, 5) is 3.92. The highest BCUT2D eigenvalue weighted by molar-refractivity contribution is 5.43. The zero-order valence-electron chi connectivity index (χ0n) is 17.1. The lowest BCUT2D eigenvalue weighted by Crippen LogP contribution is -2.70. The van der Waals surface area contributed by atoms with Crippen LogP contribution in [0.1, 0.15) is 42.9 Å². The molecule has 2 atom stereocenters. The minimum Gasteiger partial charge on any atom is -0.383 e. The summed E-state index contributed by atoms with van der Waals surface area (Å²) in [6, 6.07) is 13.0. The van der Waals surface area contributed by atoms with E-state index >= 15 is 0 Å². The highest BCUT2D eigenvalue weighted by Gasteiger charge is 2.72. The number of rotatable bonds is 6. The van der Waals surface area contributed by atoms with E-state index in [1.807, 2.05) is 31.2 Å². The van der Waals surface area contributed by atoms with Gasteiger partial charge in [-0.1, -0.05) is 19.1 Å². The Kier molecular flexibility index (Phi) is 4.28. The minimum absolute atomic E-state index is 0.0137. The van der Waals surface area contributed by atoms with Gasteiger partial charge in [0, 0.05) is 5.56 Å². The van der Waals surface area contributed by atoms with Crippen molar-refractivity contribution in [1.29, 1.82) is 5.26 Å². The number of hydrogen-bond acceptors (Lipinski definition) is 4. The summed E-state index contributed by atoms with van der Waals surface area (Å²) in [5, 5.41) is 25.0. The lowest BCUT2D eigenvalue weighted by Gasteiger charge is -2.75. The van der Waals surface area contributed by atoms with Crippen LogP contribution in [0.3, 0.4) is 0 Å². The number of aromatic nitrogens is 3. The molecule has 0 saturated heterocycles. The van der Waals surface area contributed by atoms with Crippen molar-refractivity contribution in [3.8, 4) is 6.07 Å². The first-order valence-electron chi connectivity index (χ1n) is 10.3. The molecule has 2 aromatic carbocycles. The predicted molar refractivity (Wildman–Crippen MR) is 109 cm³/mol. The lowest BCUT2D eigenvalue weighted by atomic mass is 9.29. The third kappa shape index (κ3) is 2.89. The van der Waals surface area contributed by atoms with Crippen LogP contribution in [0, 0.1) is 34.3 Å². The smallest absolute Gasteiger partial charge is 0.137 e. The van der Waals surface area contributed by atoms with Crippen molar-refractivity contribution in [3.05, 3.63) is 83.4 Å².